The van der Waals surface area contributed by atoms with E-state index >= 15 is 0 Å². The van der Waals surface area contributed by atoms with Gasteiger partial charge in [0, 0.05) is 12.6 Å². The molecule has 0 aromatic carbocycles. The Bertz CT molecular complexity index is 378. The van der Waals surface area contributed by atoms with Gasteiger partial charge in [0.1, 0.15) is 5.41 Å². The summed E-state index contributed by atoms with van der Waals surface area (Å²) in [7, 11) is 0. The van der Waals surface area contributed by atoms with Crippen molar-refractivity contribution in [2.75, 3.05) is 6.61 Å². The number of nitrogens with one attached hydrogen (secondary N) is 1. The molecule has 2 fully saturated rings. The number of nitriles is 1. The van der Waals surface area contributed by atoms with E-state index in [4.69, 9.17) is 4.74 Å². The van der Waals surface area contributed by atoms with Crippen LogP contribution in [0.1, 0.15) is 46.5 Å². The van der Waals surface area contributed by atoms with Crippen LogP contribution in [0.2, 0.25) is 0 Å². The molecule has 2 aliphatic rings. The molecular formula is C14H22N2O2. The highest BCUT2D eigenvalue weighted by Crippen LogP contribution is 2.45. The lowest BCUT2D eigenvalue weighted by molar-refractivity contribution is -0.136. The number of carbonyl (C=O) groups excluding carboxylic acids is 1. The van der Waals surface area contributed by atoms with Crippen LogP contribution in [0.15, 0.2) is 0 Å². The van der Waals surface area contributed by atoms with Crippen LogP contribution in [-0.4, -0.2) is 24.2 Å². The minimum absolute atomic E-state index is 0.0780. The van der Waals surface area contributed by atoms with Crippen molar-refractivity contribution in [1.29, 1.82) is 5.26 Å². The van der Waals surface area contributed by atoms with Crippen molar-refractivity contribution in [3.05, 3.63) is 0 Å². The third-order valence-corrected chi connectivity index (χ3v) is 4.07. The molecule has 18 heavy (non-hydrogen) atoms. The first-order valence-corrected chi connectivity index (χ1v) is 6.73. The van der Waals surface area contributed by atoms with Gasteiger partial charge in [0.25, 0.3) is 0 Å². The summed E-state index contributed by atoms with van der Waals surface area (Å²) in [5.74, 6) is 0.410. The fraction of sp³-hybridized carbons (Fsp3) is 0.857. The maximum atomic E-state index is 12.2. The molecule has 1 saturated heterocycles. The first-order chi connectivity index (χ1) is 8.37. The van der Waals surface area contributed by atoms with Crippen molar-refractivity contribution < 1.29 is 9.53 Å². The second kappa shape index (κ2) is 4.55. The zero-order chi connectivity index (χ0) is 13.4. The summed E-state index contributed by atoms with van der Waals surface area (Å²) in [6.45, 7) is 6.84. The summed E-state index contributed by atoms with van der Waals surface area (Å²) >= 11 is 0. The van der Waals surface area contributed by atoms with Crippen LogP contribution >= 0.6 is 0 Å². The summed E-state index contributed by atoms with van der Waals surface area (Å²) in [5, 5.41) is 12.3. The van der Waals surface area contributed by atoms with Gasteiger partial charge in [-0.15, -0.1) is 0 Å². The second-order valence-corrected chi connectivity index (χ2v) is 6.48. The Kier molecular flexibility index (Phi) is 3.37. The normalized spacial score (nSPS) is 38.3. The Hall–Kier alpha value is -1.08. The average molecular weight is 250 g/mol. The van der Waals surface area contributed by atoms with Crippen LogP contribution in [0, 0.1) is 22.7 Å². The van der Waals surface area contributed by atoms with Gasteiger partial charge < -0.3 is 10.1 Å². The molecule has 1 amide bonds. The van der Waals surface area contributed by atoms with E-state index in [9.17, 15) is 10.1 Å². The van der Waals surface area contributed by atoms with Gasteiger partial charge >= 0.3 is 0 Å². The van der Waals surface area contributed by atoms with Crippen LogP contribution in [0.3, 0.4) is 0 Å². The summed E-state index contributed by atoms with van der Waals surface area (Å²) in [5.41, 5.74) is -0.940. The highest BCUT2D eigenvalue weighted by Gasteiger charge is 2.49. The van der Waals surface area contributed by atoms with Gasteiger partial charge in [-0.05, 0) is 45.4 Å². The van der Waals surface area contributed by atoms with Crippen molar-refractivity contribution in [1.82, 2.24) is 5.32 Å². The molecule has 0 bridgehead atoms. The lowest BCUT2D eigenvalue weighted by atomic mass is 9.63. The van der Waals surface area contributed by atoms with Gasteiger partial charge in [-0.1, -0.05) is 6.92 Å². The molecule has 2 rings (SSSR count). The molecule has 1 N–H and O–H groups in total. The number of hydrogen-bond acceptors (Lipinski definition) is 3. The molecule has 1 atom stereocenters. The topological polar surface area (TPSA) is 62.1 Å². The van der Waals surface area contributed by atoms with E-state index in [1.807, 2.05) is 13.8 Å². The Morgan fingerprint density at radius 2 is 2.06 bits per heavy atom. The van der Waals surface area contributed by atoms with Crippen LogP contribution in [0.5, 0.6) is 0 Å². The third-order valence-electron chi connectivity index (χ3n) is 4.07. The molecule has 1 heterocycles. The van der Waals surface area contributed by atoms with Crippen LogP contribution in [-0.2, 0) is 9.53 Å². The molecule has 0 spiro atoms. The number of carbonyl (C=O) groups is 1. The molecular weight excluding hydrogens is 228 g/mol. The monoisotopic (exact) mass is 250 g/mol. The third kappa shape index (κ3) is 2.51. The zero-order valence-corrected chi connectivity index (χ0v) is 11.5. The molecule has 100 valence electrons. The Labute approximate surface area is 109 Å². The standard InChI is InChI=1S/C14H22N2O2/c1-10-6-14(7-10,9-15)12(17)16-11-4-5-18-13(2,3)8-11/h10-11H,4-8H2,1-3H3,(H,16,17). The fourth-order valence-electron chi connectivity index (χ4n) is 3.14. The molecule has 1 unspecified atom stereocenters. The van der Waals surface area contributed by atoms with Gasteiger partial charge in [0.05, 0.1) is 11.7 Å². The number of ether oxygens (including phenoxy) is 1. The second-order valence-electron chi connectivity index (χ2n) is 6.48. The van der Waals surface area contributed by atoms with E-state index in [2.05, 4.69) is 18.3 Å². The maximum absolute atomic E-state index is 12.2. The lowest BCUT2D eigenvalue weighted by Gasteiger charge is -2.42. The number of nitrogens with zero attached hydrogens (tertiary/aromatic N) is 1. The van der Waals surface area contributed by atoms with E-state index in [1.54, 1.807) is 0 Å². The quantitative estimate of drug-likeness (QED) is 0.815. The van der Waals surface area contributed by atoms with Crippen molar-refractivity contribution in [2.24, 2.45) is 11.3 Å². The van der Waals surface area contributed by atoms with Crippen molar-refractivity contribution in [3.63, 3.8) is 0 Å². The van der Waals surface area contributed by atoms with E-state index in [0.29, 0.717) is 25.4 Å². The van der Waals surface area contributed by atoms with Gasteiger partial charge in [0.15, 0.2) is 0 Å². The van der Waals surface area contributed by atoms with Crippen molar-refractivity contribution in [2.45, 2.75) is 58.1 Å². The van der Waals surface area contributed by atoms with Gasteiger partial charge in [-0.2, -0.15) is 5.26 Å². The molecule has 1 aliphatic carbocycles. The SMILES string of the molecule is CC1CC(C#N)(C(=O)NC2CCOC(C)(C)C2)C1. The largest absolute Gasteiger partial charge is 0.375 e. The maximum Gasteiger partial charge on any atom is 0.240 e. The highest BCUT2D eigenvalue weighted by molar-refractivity contribution is 5.86. The summed E-state index contributed by atoms with van der Waals surface area (Å²) in [6.07, 6.45) is 3.05. The first kappa shape index (κ1) is 13.4. The first-order valence-electron chi connectivity index (χ1n) is 6.73. The van der Waals surface area contributed by atoms with Crippen LogP contribution in [0.4, 0.5) is 0 Å². The summed E-state index contributed by atoms with van der Waals surface area (Å²) in [6, 6.07) is 2.35. The van der Waals surface area contributed by atoms with Crippen LogP contribution in [0.25, 0.3) is 0 Å². The highest BCUT2D eigenvalue weighted by atomic mass is 16.5. The molecule has 4 heteroatoms. The minimum atomic E-state index is -0.762. The van der Waals surface area contributed by atoms with Gasteiger partial charge in [-0.25, -0.2) is 0 Å². The number of rotatable bonds is 2. The molecule has 1 aliphatic heterocycles. The van der Waals surface area contributed by atoms with E-state index in [-0.39, 0.29) is 17.6 Å². The minimum Gasteiger partial charge on any atom is -0.375 e. The molecule has 0 radical (unpaired) electrons. The Morgan fingerprint density at radius 3 is 2.56 bits per heavy atom. The van der Waals surface area contributed by atoms with Gasteiger partial charge in [-0.3, -0.25) is 4.79 Å². The summed E-state index contributed by atoms with van der Waals surface area (Å²) < 4.78 is 5.63. The predicted octanol–water partition coefficient (Wildman–Crippen LogP) is 2.00. The fourth-order valence-corrected chi connectivity index (χ4v) is 3.14. The Morgan fingerprint density at radius 1 is 1.39 bits per heavy atom. The molecule has 4 nitrogen and oxygen atoms in total. The number of hydrogen-bond donors (Lipinski definition) is 1. The van der Waals surface area contributed by atoms with E-state index < -0.39 is 5.41 Å². The predicted molar refractivity (Wildman–Crippen MR) is 67.6 cm³/mol. The average Bonchev–Trinajstić information content (AvgIpc) is 2.22. The number of amides is 1. The van der Waals surface area contributed by atoms with Crippen LogP contribution < -0.4 is 5.32 Å². The smallest absolute Gasteiger partial charge is 0.240 e. The lowest BCUT2D eigenvalue weighted by Crippen LogP contribution is -2.53. The zero-order valence-electron chi connectivity index (χ0n) is 11.5. The van der Waals surface area contributed by atoms with Crippen molar-refractivity contribution >= 4 is 5.91 Å². The molecule has 0 aromatic rings. The molecule has 1 saturated carbocycles. The Balaban J connectivity index is 1.94. The van der Waals surface area contributed by atoms with E-state index in [0.717, 1.165) is 12.8 Å². The summed E-state index contributed by atoms with van der Waals surface area (Å²) in [4.78, 5) is 12.2. The molecule has 0 aromatic heterocycles. The van der Waals surface area contributed by atoms with E-state index in [1.165, 1.54) is 0 Å². The van der Waals surface area contributed by atoms with Crippen molar-refractivity contribution in [3.8, 4) is 6.07 Å². The van der Waals surface area contributed by atoms with Gasteiger partial charge in [0.2, 0.25) is 5.91 Å².